The zero-order chi connectivity index (χ0) is 36.5. The maximum atomic E-state index is 6.21. The number of rotatable bonds is 9. The van der Waals surface area contributed by atoms with Gasteiger partial charge in [-0.1, -0.05) is 180 Å². The summed E-state index contributed by atoms with van der Waals surface area (Å²) >= 11 is 6.21. The molecule has 3 aromatic rings. The third-order valence-corrected chi connectivity index (χ3v) is 9.45. The highest BCUT2D eigenvalue weighted by atomic mass is 35.5. The number of benzene rings is 3. The summed E-state index contributed by atoms with van der Waals surface area (Å²) in [6.45, 7) is 43.2. The van der Waals surface area contributed by atoms with Gasteiger partial charge in [0.05, 0.1) is 0 Å². The maximum absolute atomic E-state index is 6.21. The van der Waals surface area contributed by atoms with Crippen LogP contribution >= 0.6 is 11.6 Å². The van der Waals surface area contributed by atoms with Crippen LogP contribution in [0.3, 0.4) is 0 Å². The van der Waals surface area contributed by atoms with Gasteiger partial charge in [0.15, 0.2) is 0 Å². The molecule has 0 bridgehead atoms. The molecule has 0 amide bonds. The summed E-state index contributed by atoms with van der Waals surface area (Å²) in [4.78, 5) is 0. The first-order valence-electron chi connectivity index (χ1n) is 18.7. The molecule has 0 saturated heterocycles. The van der Waals surface area contributed by atoms with Gasteiger partial charge in [0.1, 0.15) is 0 Å². The zero-order valence-corrected chi connectivity index (χ0v) is 34.9. The predicted molar refractivity (Wildman–Crippen MR) is 223 cm³/mol. The minimum Gasteiger partial charge on any atom is -0.0843 e. The molecule has 0 N–H and O–H groups in total. The Labute approximate surface area is 305 Å². The third-order valence-electron chi connectivity index (χ3n) is 9.23. The van der Waals surface area contributed by atoms with Crippen LogP contribution < -0.4 is 0 Å². The van der Waals surface area contributed by atoms with Gasteiger partial charge >= 0.3 is 0 Å². The van der Waals surface area contributed by atoms with Crippen molar-refractivity contribution in [2.24, 2.45) is 0 Å². The molecule has 0 aliphatic heterocycles. The normalized spacial score (nSPS) is 11.6. The molecule has 0 aliphatic rings. The van der Waals surface area contributed by atoms with E-state index in [2.05, 4.69) is 174 Å². The fourth-order valence-corrected chi connectivity index (χ4v) is 7.27. The highest BCUT2D eigenvalue weighted by Crippen LogP contribution is 2.37. The molecule has 48 heavy (non-hydrogen) atoms. The van der Waals surface area contributed by atoms with E-state index in [0.29, 0.717) is 53.3 Å². The fraction of sp³-hybridized carbons (Fsp3) is 0.617. The lowest BCUT2D eigenvalue weighted by Crippen LogP contribution is -2.06. The summed E-state index contributed by atoms with van der Waals surface area (Å²) in [6, 6.07) is 15.8. The maximum Gasteiger partial charge on any atom is 0.0411 e. The molecule has 0 unspecified atom stereocenters. The second-order valence-electron chi connectivity index (χ2n) is 16.6. The third kappa shape index (κ3) is 12.7. The standard InChI is InChI=1S/C16H26.C15H23Cl.C15H24.CH4/c1-10(2)14-8-13(7)9-15(11(3)4)16(14)12(5)6;1-9(2)13-7-12(16)8-14(10(3)4)15(13)11(5)6;1-10(2)13-8-7-9-14(11(3)4)15(13)12(5)6;/h8-12H,1-7H3;7-11H,1-6H3;7-12H,1-6H3;1H4. The van der Waals surface area contributed by atoms with Crippen molar-refractivity contribution < 1.29 is 0 Å². The van der Waals surface area contributed by atoms with E-state index in [1.165, 1.54) is 33.4 Å². The molecule has 0 atom stereocenters. The molecule has 0 spiro atoms. The largest absolute Gasteiger partial charge is 0.0843 e. The van der Waals surface area contributed by atoms with E-state index < -0.39 is 0 Å². The molecule has 0 saturated carbocycles. The SMILES string of the molecule is C.CC(C)c1cc(Cl)cc(C(C)C)c1C(C)C.CC(C)c1cccc(C(C)C)c1C(C)C.Cc1cc(C(C)C)c(C(C)C)c(C(C)C)c1. The first-order valence-corrected chi connectivity index (χ1v) is 19.1. The van der Waals surface area contributed by atoms with Gasteiger partial charge in [0, 0.05) is 5.02 Å². The Morgan fingerprint density at radius 3 is 0.812 bits per heavy atom. The molecular formula is C47H77Cl. The van der Waals surface area contributed by atoms with Crippen molar-refractivity contribution >= 4 is 11.6 Å². The molecule has 0 aliphatic carbocycles. The molecule has 0 nitrogen and oxygen atoms in total. The molecule has 0 fully saturated rings. The van der Waals surface area contributed by atoms with Crippen molar-refractivity contribution in [1.82, 2.24) is 0 Å². The first-order chi connectivity index (χ1) is 21.6. The Morgan fingerprint density at radius 1 is 0.354 bits per heavy atom. The first kappa shape index (κ1) is 46.0. The van der Waals surface area contributed by atoms with Crippen molar-refractivity contribution in [1.29, 1.82) is 0 Å². The minimum atomic E-state index is 0. The van der Waals surface area contributed by atoms with Gasteiger partial charge in [0.2, 0.25) is 0 Å². The van der Waals surface area contributed by atoms with E-state index in [1.54, 1.807) is 22.3 Å². The molecule has 3 aromatic carbocycles. The fourth-order valence-electron chi connectivity index (χ4n) is 7.03. The minimum absolute atomic E-state index is 0. The Hall–Kier alpha value is -2.05. The average Bonchev–Trinajstić information content (AvgIpc) is 2.95. The number of hydrogen-bond donors (Lipinski definition) is 0. The summed E-state index contributed by atoms with van der Waals surface area (Å²) in [5.74, 6) is 5.37. The van der Waals surface area contributed by atoms with Gasteiger partial charge in [-0.2, -0.15) is 0 Å². The van der Waals surface area contributed by atoms with Gasteiger partial charge in [-0.15, -0.1) is 0 Å². The van der Waals surface area contributed by atoms with E-state index in [0.717, 1.165) is 5.02 Å². The van der Waals surface area contributed by atoms with Gasteiger partial charge in [-0.05, 0) is 122 Å². The van der Waals surface area contributed by atoms with E-state index in [-0.39, 0.29) is 7.43 Å². The van der Waals surface area contributed by atoms with Crippen LogP contribution in [0.5, 0.6) is 0 Å². The van der Waals surface area contributed by atoms with Gasteiger partial charge < -0.3 is 0 Å². The quantitative estimate of drug-likeness (QED) is 0.211. The Kier molecular flexibility index (Phi) is 19.7. The van der Waals surface area contributed by atoms with Gasteiger partial charge in [0.25, 0.3) is 0 Å². The molecule has 3 rings (SSSR count). The summed E-state index contributed by atoms with van der Waals surface area (Å²) in [5, 5.41) is 0.872. The Bertz CT molecular complexity index is 1220. The summed E-state index contributed by atoms with van der Waals surface area (Å²) in [5.41, 5.74) is 15.0. The summed E-state index contributed by atoms with van der Waals surface area (Å²) < 4.78 is 0. The molecule has 0 heterocycles. The van der Waals surface area contributed by atoms with Crippen molar-refractivity contribution in [3.63, 3.8) is 0 Å². The molecule has 1 heteroatoms. The van der Waals surface area contributed by atoms with Crippen LogP contribution in [0.15, 0.2) is 42.5 Å². The van der Waals surface area contributed by atoms with E-state index in [1.807, 2.05) is 0 Å². The van der Waals surface area contributed by atoms with E-state index in [4.69, 9.17) is 11.6 Å². The van der Waals surface area contributed by atoms with E-state index >= 15 is 0 Å². The van der Waals surface area contributed by atoms with Crippen molar-refractivity contribution in [2.75, 3.05) is 0 Å². The number of hydrogen-bond acceptors (Lipinski definition) is 0. The van der Waals surface area contributed by atoms with Crippen LogP contribution in [0.1, 0.15) is 241 Å². The van der Waals surface area contributed by atoms with Gasteiger partial charge in [-0.3, -0.25) is 0 Å². The number of aryl methyl sites for hydroxylation is 1. The molecule has 0 aromatic heterocycles. The Balaban J connectivity index is 0.000000684. The van der Waals surface area contributed by atoms with Crippen LogP contribution in [0.25, 0.3) is 0 Å². The van der Waals surface area contributed by atoms with Crippen molar-refractivity contribution in [2.45, 2.75) is 192 Å². The van der Waals surface area contributed by atoms with Crippen LogP contribution in [-0.4, -0.2) is 0 Å². The Morgan fingerprint density at radius 2 is 0.583 bits per heavy atom. The second kappa shape index (κ2) is 20.6. The van der Waals surface area contributed by atoms with Crippen LogP contribution in [0.2, 0.25) is 5.02 Å². The lowest BCUT2D eigenvalue weighted by Gasteiger charge is -2.23. The highest BCUT2D eigenvalue weighted by molar-refractivity contribution is 6.30. The molecule has 0 radical (unpaired) electrons. The smallest absolute Gasteiger partial charge is 0.0411 e. The second-order valence-corrected chi connectivity index (χ2v) is 17.0. The lowest BCUT2D eigenvalue weighted by molar-refractivity contribution is 0.746. The zero-order valence-electron chi connectivity index (χ0n) is 34.1. The topological polar surface area (TPSA) is 0 Å². The lowest BCUT2D eigenvalue weighted by atomic mass is 9.82. The van der Waals surface area contributed by atoms with Crippen molar-refractivity contribution in [3.8, 4) is 0 Å². The van der Waals surface area contributed by atoms with E-state index in [9.17, 15) is 0 Å². The molecule has 272 valence electrons. The van der Waals surface area contributed by atoms with Crippen LogP contribution in [-0.2, 0) is 0 Å². The average molecular weight is 678 g/mol. The molecular weight excluding hydrogens is 600 g/mol. The number of halogens is 1. The monoisotopic (exact) mass is 677 g/mol. The van der Waals surface area contributed by atoms with Crippen LogP contribution in [0.4, 0.5) is 0 Å². The summed E-state index contributed by atoms with van der Waals surface area (Å²) in [7, 11) is 0. The van der Waals surface area contributed by atoms with Crippen molar-refractivity contribution in [3.05, 3.63) is 103 Å². The van der Waals surface area contributed by atoms with Gasteiger partial charge in [-0.25, -0.2) is 0 Å². The predicted octanol–water partition coefficient (Wildman–Crippen LogP) is 16.8. The highest BCUT2D eigenvalue weighted by Gasteiger charge is 2.19. The summed E-state index contributed by atoms with van der Waals surface area (Å²) in [6.07, 6.45) is 0. The van der Waals surface area contributed by atoms with Crippen LogP contribution in [0, 0.1) is 6.92 Å².